The zero-order chi connectivity index (χ0) is 20.9. The first-order valence-corrected chi connectivity index (χ1v) is 9.60. The van der Waals surface area contributed by atoms with Gasteiger partial charge in [0.1, 0.15) is 0 Å². The summed E-state index contributed by atoms with van der Waals surface area (Å²) in [6.45, 7) is 2.71. The highest BCUT2D eigenvalue weighted by molar-refractivity contribution is 6.02. The van der Waals surface area contributed by atoms with Crippen LogP contribution in [0.25, 0.3) is 5.52 Å². The lowest BCUT2D eigenvalue weighted by atomic mass is 10.1. The summed E-state index contributed by atoms with van der Waals surface area (Å²) in [4.78, 5) is 33.9. The van der Waals surface area contributed by atoms with Crippen LogP contribution in [0, 0.1) is 6.92 Å². The van der Waals surface area contributed by atoms with Crippen LogP contribution in [0.4, 0.5) is 0 Å². The lowest BCUT2D eigenvalue weighted by Gasteiger charge is -2.05. The first kappa shape index (κ1) is 19.3. The van der Waals surface area contributed by atoms with Gasteiger partial charge in [0.25, 0.3) is 11.8 Å². The largest absolute Gasteiger partial charge is 0.346 e. The van der Waals surface area contributed by atoms with E-state index in [0.717, 1.165) is 16.7 Å². The maximum atomic E-state index is 12.8. The highest BCUT2D eigenvalue weighted by Gasteiger charge is 2.21. The Kier molecular flexibility index (Phi) is 5.52. The molecule has 2 amide bonds. The van der Waals surface area contributed by atoms with Crippen LogP contribution in [0.15, 0.2) is 73.2 Å². The van der Waals surface area contributed by atoms with Crippen molar-refractivity contribution in [2.24, 2.45) is 0 Å². The third-order valence-corrected chi connectivity index (χ3v) is 4.68. The van der Waals surface area contributed by atoms with E-state index < -0.39 is 0 Å². The van der Waals surface area contributed by atoms with Gasteiger partial charge in [0.15, 0.2) is 5.69 Å². The molecule has 1 aromatic carbocycles. The number of fused-ring (bicyclic) bond motifs is 1. The Morgan fingerprint density at radius 3 is 2.53 bits per heavy atom. The second-order valence-electron chi connectivity index (χ2n) is 6.96. The molecule has 0 bridgehead atoms. The number of carbonyl (C=O) groups is 2. The van der Waals surface area contributed by atoms with Crippen molar-refractivity contribution < 1.29 is 9.59 Å². The predicted octanol–water partition coefficient (Wildman–Crippen LogP) is 2.90. The smallest absolute Gasteiger partial charge is 0.287 e. The van der Waals surface area contributed by atoms with E-state index in [9.17, 15) is 9.59 Å². The standard InChI is InChI=1S/C23H21N5O2/c1-16-6-4-7-17(12-16)14-26-23(30)21-27-20(19-9-2-3-11-28(19)21)22(29)25-15-18-8-5-10-24-13-18/h2-13H,14-15H2,1H3,(H,25,29)(H,26,30). The number of aromatic nitrogens is 3. The Labute approximate surface area is 173 Å². The Morgan fingerprint density at radius 2 is 1.73 bits per heavy atom. The molecule has 0 saturated carbocycles. The van der Waals surface area contributed by atoms with Gasteiger partial charge in [-0.1, -0.05) is 42.0 Å². The average molecular weight is 399 g/mol. The number of carbonyl (C=O) groups excluding carboxylic acids is 2. The van der Waals surface area contributed by atoms with E-state index in [1.54, 1.807) is 35.1 Å². The fraction of sp³-hybridized carbons (Fsp3) is 0.130. The van der Waals surface area contributed by atoms with Crippen LogP contribution in [-0.2, 0) is 13.1 Å². The Morgan fingerprint density at radius 1 is 0.933 bits per heavy atom. The van der Waals surface area contributed by atoms with Gasteiger partial charge >= 0.3 is 0 Å². The van der Waals surface area contributed by atoms with Gasteiger partial charge in [-0.05, 0) is 36.2 Å². The molecule has 0 spiro atoms. The van der Waals surface area contributed by atoms with E-state index in [4.69, 9.17) is 0 Å². The number of rotatable bonds is 6. The monoisotopic (exact) mass is 399 g/mol. The summed E-state index contributed by atoms with van der Waals surface area (Å²) >= 11 is 0. The van der Waals surface area contributed by atoms with Gasteiger partial charge in [-0.15, -0.1) is 0 Å². The van der Waals surface area contributed by atoms with Crippen LogP contribution < -0.4 is 10.6 Å². The highest BCUT2D eigenvalue weighted by atomic mass is 16.2. The summed E-state index contributed by atoms with van der Waals surface area (Å²) in [7, 11) is 0. The van der Waals surface area contributed by atoms with Crippen molar-refractivity contribution in [3.8, 4) is 0 Å². The number of nitrogens with one attached hydrogen (secondary N) is 2. The molecular formula is C23H21N5O2. The molecule has 0 fully saturated rings. The van der Waals surface area contributed by atoms with Crippen molar-refractivity contribution in [1.82, 2.24) is 25.0 Å². The van der Waals surface area contributed by atoms with E-state index in [2.05, 4.69) is 20.6 Å². The fourth-order valence-electron chi connectivity index (χ4n) is 3.22. The number of hydrogen-bond donors (Lipinski definition) is 2. The molecule has 150 valence electrons. The van der Waals surface area contributed by atoms with E-state index in [-0.39, 0.29) is 23.3 Å². The minimum Gasteiger partial charge on any atom is -0.346 e. The molecule has 0 aliphatic heterocycles. The van der Waals surface area contributed by atoms with Crippen molar-refractivity contribution in [2.45, 2.75) is 20.0 Å². The topological polar surface area (TPSA) is 88.4 Å². The van der Waals surface area contributed by atoms with Crippen LogP contribution in [0.2, 0.25) is 0 Å². The summed E-state index contributed by atoms with van der Waals surface area (Å²) in [5.74, 6) is -0.519. The summed E-state index contributed by atoms with van der Waals surface area (Å²) in [5, 5.41) is 5.72. The number of nitrogens with zero attached hydrogens (tertiary/aromatic N) is 3. The number of aryl methyl sites for hydroxylation is 1. The normalized spacial score (nSPS) is 10.7. The van der Waals surface area contributed by atoms with E-state index in [1.807, 2.05) is 49.4 Å². The summed E-state index contributed by atoms with van der Waals surface area (Å²) in [6, 6.07) is 17.0. The molecule has 7 nitrogen and oxygen atoms in total. The van der Waals surface area contributed by atoms with Gasteiger partial charge in [-0.25, -0.2) is 4.98 Å². The zero-order valence-electron chi connectivity index (χ0n) is 16.5. The SMILES string of the molecule is Cc1cccc(CNC(=O)c2nc(C(=O)NCc3cccnc3)c3ccccn23)c1. The molecule has 3 aromatic heterocycles. The van der Waals surface area contributed by atoms with Crippen molar-refractivity contribution in [3.05, 3.63) is 101 Å². The number of pyridine rings is 2. The molecule has 0 aliphatic carbocycles. The number of imidazole rings is 1. The lowest BCUT2D eigenvalue weighted by Crippen LogP contribution is -2.26. The zero-order valence-corrected chi connectivity index (χ0v) is 16.5. The molecule has 4 rings (SSSR count). The van der Waals surface area contributed by atoms with Crippen molar-refractivity contribution in [2.75, 3.05) is 0 Å². The van der Waals surface area contributed by atoms with Crippen molar-refractivity contribution in [3.63, 3.8) is 0 Å². The van der Waals surface area contributed by atoms with Gasteiger partial charge < -0.3 is 10.6 Å². The van der Waals surface area contributed by atoms with Gasteiger partial charge in [0.05, 0.1) is 5.52 Å². The third-order valence-electron chi connectivity index (χ3n) is 4.68. The maximum absolute atomic E-state index is 12.8. The molecule has 0 saturated heterocycles. The molecule has 7 heteroatoms. The molecule has 4 aromatic rings. The summed E-state index contributed by atoms with van der Waals surface area (Å²) in [5.41, 5.74) is 3.78. The second-order valence-corrected chi connectivity index (χ2v) is 6.96. The van der Waals surface area contributed by atoms with Crippen LogP contribution >= 0.6 is 0 Å². The second kappa shape index (κ2) is 8.57. The first-order valence-electron chi connectivity index (χ1n) is 9.60. The van der Waals surface area contributed by atoms with Gasteiger partial charge in [-0.3, -0.25) is 19.0 Å². The Hall–Kier alpha value is -4.00. The first-order chi connectivity index (χ1) is 14.6. The van der Waals surface area contributed by atoms with Crippen LogP contribution in [0.1, 0.15) is 37.8 Å². The van der Waals surface area contributed by atoms with Crippen molar-refractivity contribution in [1.29, 1.82) is 0 Å². The van der Waals surface area contributed by atoms with Crippen molar-refractivity contribution >= 4 is 17.3 Å². The fourth-order valence-corrected chi connectivity index (χ4v) is 3.22. The van der Waals surface area contributed by atoms with E-state index in [0.29, 0.717) is 18.6 Å². The minimum atomic E-state index is -0.347. The molecule has 0 aliphatic rings. The van der Waals surface area contributed by atoms with Gasteiger partial charge in [0.2, 0.25) is 5.82 Å². The highest BCUT2D eigenvalue weighted by Crippen LogP contribution is 2.14. The van der Waals surface area contributed by atoms with Crippen LogP contribution in [0.3, 0.4) is 0 Å². The summed E-state index contributed by atoms with van der Waals surface area (Å²) in [6.07, 6.45) is 5.09. The molecule has 0 radical (unpaired) electrons. The number of hydrogen-bond acceptors (Lipinski definition) is 4. The Balaban J connectivity index is 1.54. The predicted molar refractivity (Wildman–Crippen MR) is 113 cm³/mol. The molecule has 0 atom stereocenters. The molecular weight excluding hydrogens is 378 g/mol. The molecule has 2 N–H and O–H groups in total. The average Bonchev–Trinajstić information content (AvgIpc) is 3.17. The lowest BCUT2D eigenvalue weighted by molar-refractivity contribution is 0.0939. The summed E-state index contributed by atoms with van der Waals surface area (Å²) < 4.78 is 1.63. The molecule has 0 unspecified atom stereocenters. The Bertz CT molecular complexity index is 1200. The maximum Gasteiger partial charge on any atom is 0.287 e. The minimum absolute atomic E-state index is 0.171. The molecule has 30 heavy (non-hydrogen) atoms. The molecule has 3 heterocycles. The quantitative estimate of drug-likeness (QED) is 0.522. The van der Waals surface area contributed by atoms with E-state index in [1.165, 1.54) is 0 Å². The van der Waals surface area contributed by atoms with Crippen LogP contribution in [0.5, 0.6) is 0 Å². The van der Waals surface area contributed by atoms with E-state index >= 15 is 0 Å². The number of benzene rings is 1. The van der Waals surface area contributed by atoms with Gasteiger partial charge in [-0.2, -0.15) is 0 Å². The third kappa shape index (κ3) is 4.20. The number of amides is 2. The van der Waals surface area contributed by atoms with Gasteiger partial charge in [0, 0.05) is 31.7 Å². The van der Waals surface area contributed by atoms with Crippen LogP contribution in [-0.4, -0.2) is 26.2 Å².